The fraction of sp³-hybridized carbons (Fsp3) is 0.333. The van der Waals surface area contributed by atoms with Gasteiger partial charge in [0.25, 0.3) is 0 Å². The van der Waals surface area contributed by atoms with Crippen LogP contribution in [0.25, 0.3) is 0 Å². The summed E-state index contributed by atoms with van der Waals surface area (Å²) in [7, 11) is 0. The fourth-order valence-corrected chi connectivity index (χ4v) is 1.91. The van der Waals surface area contributed by atoms with Crippen LogP contribution in [0.4, 0.5) is 10.5 Å². The third kappa shape index (κ3) is 4.32. The van der Waals surface area contributed by atoms with Gasteiger partial charge in [0, 0.05) is 18.8 Å². The molecule has 0 fully saturated rings. The molecule has 0 aromatic heterocycles. The molecule has 1 rings (SSSR count). The summed E-state index contributed by atoms with van der Waals surface area (Å²) in [5, 5.41) is 20.7. The van der Waals surface area contributed by atoms with Crippen LogP contribution in [0.2, 0.25) is 0 Å². The number of carboxylic acids is 1. The van der Waals surface area contributed by atoms with Gasteiger partial charge in [-0.2, -0.15) is 0 Å². The fourth-order valence-electron chi connectivity index (χ4n) is 1.91. The van der Waals surface area contributed by atoms with E-state index in [2.05, 4.69) is 11.9 Å². The van der Waals surface area contributed by atoms with Gasteiger partial charge in [-0.05, 0) is 37.1 Å². The molecular weight excluding hydrogens is 272 g/mol. The van der Waals surface area contributed by atoms with Crippen molar-refractivity contribution in [2.75, 3.05) is 25.0 Å². The topological polar surface area (TPSA) is 89.9 Å². The molecular formula is C15H20N2O4. The summed E-state index contributed by atoms with van der Waals surface area (Å²) in [5.41, 5.74) is 2.01. The van der Waals surface area contributed by atoms with Gasteiger partial charge in [-0.3, -0.25) is 0 Å². The number of anilines is 1. The summed E-state index contributed by atoms with van der Waals surface area (Å²) in [6, 6.07) is 2.72. The Morgan fingerprint density at radius 1 is 1.38 bits per heavy atom. The van der Waals surface area contributed by atoms with Crippen molar-refractivity contribution < 1.29 is 19.8 Å². The molecule has 114 valence electrons. The Labute approximate surface area is 123 Å². The Kier molecular flexibility index (Phi) is 5.92. The second kappa shape index (κ2) is 7.44. The summed E-state index contributed by atoms with van der Waals surface area (Å²) in [4.78, 5) is 24.6. The number of nitrogens with zero attached hydrogens (tertiary/aromatic N) is 1. The molecule has 0 saturated carbocycles. The van der Waals surface area contributed by atoms with E-state index in [1.54, 1.807) is 26.0 Å². The second-order valence-electron chi connectivity index (χ2n) is 4.66. The molecule has 6 heteroatoms. The molecule has 0 aliphatic carbocycles. The lowest BCUT2D eigenvalue weighted by molar-refractivity contribution is 0.0696. The highest BCUT2D eigenvalue weighted by molar-refractivity contribution is 5.94. The maximum Gasteiger partial charge on any atom is 0.336 e. The van der Waals surface area contributed by atoms with Gasteiger partial charge in [-0.1, -0.05) is 6.08 Å². The van der Waals surface area contributed by atoms with Crippen molar-refractivity contribution in [3.63, 3.8) is 0 Å². The molecule has 0 aliphatic rings. The summed E-state index contributed by atoms with van der Waals surface area (Å²) in [5.74, 6) is -1.04. The number of aliphatic hydroxyl groups excluding tert-OH is 1. The number of carboxylic acid groups (broad SMARTS) is 1. The minimum absolute atomic E-state index is 0.155. The van der Waals surface area contributed by atoms with E-state index in [0.717, 1.165) is 5.56 Å². The van der Waals surface area contributed by atoms with Crippen LogP contribution in [0, 0.1) is 13.8 Å². The number of hydrogen-bond donors (Lipinski definition) is 3. The van der Waals surface area contributed by atoms with Crippen LogP contribution < -0.4 is 5.32 Å². The number of urea groups is 1. The normalized spacial score (nSPS) is 10.0. The van der Waals surface area contributed by atoms with Crippen molar-refractivity contribution in [1.29, 1.82) is 0 Å². The highest BCUT2D eigenvalue weighted by Crippen LogP contribution is 2.20. The Bertz CT molecular complexity index is 555. The van der Waals surface area contributed by atoms with Crippen molar-refractivity contribution in [3.8, 4) is 0 Å². The number of benzene rings is 1. The first-order valence-electron chi connectivity index (χ1n) is 6.53. The lowest BCUT2D eigenvalue weighted by atomic mass is 10.0. The lowest BCUT2D eigenvalue weighted by Gasteiger charge is -2.21. The van der Waals surface area contributed by atoms with Gasteiger partial charge in [0.05, 0.1) is 12.2 Å². The highest BCUT2D eigenvalue weighted by Gasteiger charge is 2.15. The van der Waals surface area contributed by atoms with Crippen LogP contribution in [0.1, 0.15) is 21.5 Å². The molecule has 1 aromatic carbocycles. The molecule has 2 amide bonds. The molecule has 6 nitrogen and oxygen atoms in total. The SMILES string of the molecule is C=CCN(CCO)C(=O)Nc1cc(C)c(C)c(C(=O)O)c1. The van der Waals surface area contributed by atoms with Gasteiger partial charge in [0.2, 0.25) is 0 Å². The lowest BCUT2D eigenvalue weighted by Crippen LogP contribution is -2.37. The smallest absolute Gasteiger partial charge is 0.336 e. The Morgan fingerprint density at radius 3 is 2.57 bits per heavy atom. The van der Waals surface area contributed by atoms with E-state index >= 15 is 0 Å². The van der Waals surface area contributed by atoms with E-state index in [1.807, 2.05) is 0 Å². The van der Waals surface area contributed by atoms with Crippen molar-refractivity contribution >= 4 is 17.7 Å². The van der Waals surface area contributed by atoms with E-state index < -0.39 is 12.0 Å². The first-order chi connectivity index (χ1) is 9.90. The first-order valence-corrected chi connectivity index (χ1v) is 6.53. The number of nitrogens with one attached hydrogen (secondary N) is 1. The number of hydrogen-bond acceptors (Lipinski definition) is 3. The number of carbonyl (C=O) groups is 2. The van der Waals surface area contributed by atoms with Crippen LogP contribution in [0.5, 0.6) is 0 Å². The molecule has 0 atom stereocenters. The maximum absolute atomic E-state index is 12.1. The second-order valence-corrected chi connectivity index (χ2v) is 4.66. The van der Waals surface area contributed by atoms with Crippen molar-refractivity contribution in [3.05, 3.63) is 41.5 Å². The molecule has 0 saturated heterocycles. The summed E-state index contributed by atoms with van der Waals surface area (Å²) < 4.78 is 0. The zero-order valence-corrected chi connectivity index (χ0v) is 12.2. The van der Waals surface area contributed by atoms with Gasteiger partial charge in [-0.15, -0.1) is 6.58 Å². The van der Waals surface area contributed by atoms with Gasteiger partial charge in [0.15, 0.2) is 0 Å². The van der Waals surface area contributed by atoms with Crippen molar-refractivity contribution in [2.24, 2.45) is 0 Å². The molecule has 0 unspecified atom stereocenters. The maximum atomic E-state index is 12.1. The molecule has 0 heterocycles. The first kappa shape index (κ1) is 16.7. The van der Waals surface area contributed by atoms with Crippen LogP contribution in [-0.4, -0.2) is 46.8 Å². The molecule has 0 aliphatic heterocycles. The minimum Gasteiger partial charge on any atom is -0.478 e. The van der Waals surface area contributed by atoms with Crippen LogP contribution in [0.15, 0.2) is 24.8 Å². The molecule has 21 heavy (non-hydrogen) atoms. The number of carbonyl (C=O) groups excluding carboxylic acids is 1. The van der Waals surface area contributed by atoms with E-state index in [0.29, 0.717) is 17.8 Å². The van der Waals surface area contributed by atoms with Crippen molar-refractivity contribution in [2.45, 2.75) is 13.8 Å². The quantitative estimate of drug-likeness (QED) is 0.700. The zero-order valence-electron chi connectivity index (χ0n) is 12.2. The average molecular weight is 292 g/mol. The monoisotopic (exact) mass is 292 g/mol. The third-order valence-electron chi connectivity index (χ3n) is 3.16. The highest BCUT2D eigenvalue weighted by atomic mass is 16.4. The van der Waals surface area contributed by atoms with Crippen LogP contribution in [0.3, 0.4) is 0 Å². The van der Waals surface area contributed by atoms with Crippen LogP contribution >= 0.6 is 0 Å². The van der Waals surface area contributed by atoms with E-state index in [9.17, 15) is 9.59 Å². The van der Waals surface area contributed by atoms with Gasteiger partial charge >= 0.3 is 12.0 Å². The number of aryl methyl sites for hydroxylation is 1. The zero-order chi connectivity index (χ0) is 16.0. The average Bonchev–Trinajstić information content (AvgIpc) is 2.42. The van der Waals surface area contributed by atoms with Gasteiger partial charge in [-0.25, -0.2) is 9.59 Å². The predicted molar refractivity (Wildman–Crippen MR) is 80.7 cm³/mol. The Hall–Kier alpha value is -2.34. The van der Waals surface area contributed by atoms with Gasteiger partial charge < -0.3 is 20.4 Å². The Morgan fingerprint density at radius 2 is 2.05 bits per heavy atom. The number of rotatable bonds is 6. The molecule has 0 bridgehead atoms. The van der Waals surface area contributed by atoms with E-state index in [1.165, 1.54) is 11.0 Å². The van der Waals surface area contributed by atoms with Crippen LogP contribution in [-0.2, 0) is 0 Å². The summed E-state index contributed by atoms with van der Waals surface area (Å²) >= 11 is 0. The standard InChI is InChI=1S/C15H20N2O4/c1-4-5-17(6-7-18)15(21)16-12-8-10(2)11(3)13(9-12)14(19)20/h4,8-9,18H,1,5-7H2,2-3H3,(H,16,21)(H,19,20). The predicted octanol–water partition coefficient (Wildman–Crippen LogP) is 2.01. The van der Waals surface area contributed by atoms with E-state index in [-0.39, 0.29) is 18.7 Å². The van der Waals surface area contributed by atoms with Crippen molar-refractivity contribution in [1.82, 2.24) is 4.90 Å². The minimum atomic E-state index is -1.04. The molecule has 0 spiro atoms. The number of aliphatic hydroxyl groups is 1. The molecule has 3 N–H and O–H groups in total. The molecule has 0 radical (unpaired) electrons. The number of aromatic carboxylic acids is 1. The number of amides is 2. The summed E-state index contributed by atoms with van der Waals surface area (Å²) in [6.45, 7) is 7.37. The molecule has 1 aromatic rings. The van der Waals surface area contributed by atoms with E-state index in [4.69, 9.17) is 10.2 Å². The van der Waals surface area contributed by atoms with Gasteiger partial charge in [0.1, 0.15) is 0 Å². The Balaban J connectivity index is 2.99. The largest absolute Gasteiger partial charge is 0.478 e. The summed E-state index contributed by atoms with van der Waals surface area (Å²) in [6.07, 6.45) is 1.55. The third-order valence-corrected chi connectivity index (χ3v) is 3.16.